The van der Waals surface area contributed by atoms with Crippen molar-refractivity contribution in [3.05, 3.63) is 0 Å². The van der Waals surface area contributed by atoms with Gasteiger partial charge in [0.05, 0.1) is 11.5 Å². The third-order valence-electron chi connectivity index (χ3n) is 4.68. The van der Waals surface area contributed by atoms with Crippen molar-refractivity contribution < 1.29 is 9.90 Å². The van der Waals surface area contributed by atoms with Crippen LogP contribution in [0.15, 0.2) is 0 Å². The lowest BCUT2D eigenvalue weighted by Crippen LogP contribution is -2.50. The van der Waals surface area contributed by atoms with Crippen molar-refractivity contribution in [3.8, 4) is 0 Å². The molecule has 0 heterocycles. The normalized spacial score (nSPS) is 46.4. The van der Waals surface area contributed by atoms with Gasteiger partial charge in [-0.15, -0.1) is 0 Å². The van der Waals surface area contributed by atoms with E-state index in [4.69, 9.17) is 0 Å². The lowest BCUT2D eigenvalue weighted by Gasteiger charge is -2.48. The molecule has 0 aromatic heterocycles. The zero-order valence-corrected chi connectivity index (χ0v) is 9.34. The second kappa shape index (κ2) is 2.82. The number of fused-ring (bicyclic) bond motifs is 1. The minimum Gasteiger partial charge on any atom is -0.392 e. The van der Waals surface area contributed by atoms with Crippen LogP contribution in [0.4, 0.5) is 0 Å². The molecule has 2 fully saturated rings. The summed E-state index contributed by atoms with van der Waals surface area (Å²) in [6.07, 6.45) is 3.06. The first kappa shape index (κ1) is 10.2. The highest BCUT2D eigenvalue weighted by Crippen LogP contribution is 2.57. The predicted octanol–water partition coefficient (Wildman–Crippen LogP) is 2.15. The van der Waals surface area contributed by atoms with E-state index in [2.05, 4.69) is 13.8 Å². The first-order valence-corrected chi connectivity index (χ1v) is 5.60. The zero-order chi connectivity index (χ0) is 10.6. The van der Waals surface area contributed by atoms with E-state index in [1.54, 1.807) is 0 Å². The first-order valence-electron chi connectivity index (χ1n) is 5.60. The van der Waals surface area contributed by atoms with E-state index in [-0.39, 0.29) is 11.2 Å². The quantitative estimate of drug-likeness (QED) is 0.644. The molecule has 14 heavy (non-hydrogen) atoms. The van der Waals surface area contributed by atoms with Gasteiger partial charge in [0.1, 0.15) is 5.78 Å². The smallest absolute Gasteiger partial charge is 0.141 e. The van der Waals surface area contributed by atoms with Crippen LogP contribution in [0, 0.1) is 16.7 Å². The summed E-state index contributed by atoms with van der Waals surface area (Å²) in [6.45, 7) is 6.44. The van der Waals surface area contributed by atoms with Crippen LogP contribution in [0.1, 0.15) is 46.5 Å². The summed E-state index contributed by atoms with van der Waals surface area (Å²) in [4.78, 5) is 11.9. The SMILES string of the molecule is CC1(C)CC[C@@H](O)[C@@]2(C)C(=O)CC[C@@H]12. The molecule has 3 atom stereocenters. The molecule has 2 rings (SSSR count). The van der Waals surface area contributed by atoms with Crippen LogP contribution in [0.3, 0.4) is 0 Å². The minimum absolute atomic E-state index is 0.222. The van der Waals surface area contributed by atoms with Crippen LogP contribution in [0.2, 0.25) is 0 Å². The molecule has 0 saturated heterocycles. The summed E-state index contributed by atoms with van der Waals surface area (Å²) >= 11 is 0. The topological polar surface area (TPSA) is 37.3 Å². The van der Waals surface area contributed by atoms with Gasteiger partial charge >= 0.3 is 0 Å². The summed E-state index contributed by atoms with van der Waals surface area (Å²) < 4.78 is 0. The average Bonchev–Trinajstić information content (AvgIpc) is 2.40. The number of carbonyl (C=O) groups is 1. The minimum atomic E-state index is -0.443. The number of Topliss-reactive ketones (excluding diaryl/α,β-unsaturated/α-hetero) is 1. The van der Waals surface area contributed by atoms with Crippen LogP contribution in [0.5, 0.6) is 0 Å². The summed E-state index contributed by atoms with van der Waals surface area (Å²) in [5, 5.41) is 10.0. The molecule has 0 aromatic carbocycles. The van der Waals surface area contributed by atoms with E-state index in [0.29, 0.717) is 12.3 Å². The van der Waals surface area contributed by atoms with E-state index in [1.165, 1.54) is 0 Å². The number of hydrogen-bond acceptors (Lipinski definition) is 2. The molecule has 80 valence electrons. The largest absolute Gasteiger partial charge is 0.392 e. The Bertz CT molecular complexity index is 269. The molecule has 2 aliphatic carbocycles. The van der Waals surface area contributed by atoms with Crippen molar-refractivity contribution in [2.45, 2.75) is 52.6 Å². The molecule has 0 unspecified atom stereocenters. The van der Waals surface area contributed by atoms with Gasteiger partial charge in [0, 0.05) is 6.42 Å². The number of carbonyl (C=O) groups excluding carboxylic acids is 1. The molecule has 0 bridgehead atoms. The van der Waals surface area contributed by atoms with E-state index < -0.39 is 11.5 Å². The van der Waals surface area contributed by atoms with Crippen molar-refractivity contribution in [1.29, 1.82) is 0 Å². The number of aliphatic hydroxyl groups is 1. The number of hydrogen-bond donors (Lipinski definition) is 1. The third-order valence-corrected chi connectivity index (χ3v) is 4.68. The van der Waals surface area contributed by atoms with Crippen LogP contribution in [0.25, 0.3) is 0 Å². The van der Waals surface area contributed by atoms with Gasteiger partial charge in [0.25, 0.3) is 0 Å². The zero-order valence-electron chi connectivity index (χ0n) is 9.34. The molecular formula is C12H20O2. The van der Waals surface area contributed by atoms with Gasteiger partial charge in [-0.3, -0.25) is 4.79 Å². The summed E-state index contributed by atoms with van der Waals surface area (Å²) in [7, 11) is 0. The highest BCUT2D eigenvalue weighted by atomic mass is 16.3. The van der Waals surface area contributed by atoms with Gasteiger partial charge in [-0.2, -0.15) is 0 Å². The van der Waals surface area contributed by atoms with E-state index in [9.17, 15) is 9.90 Å². The van der Waals surface area contributed by atoms with Gasteiger partial charge in [0.15, 0.2) is 0 Å². The van der Waals surface area contributed by atoms with E-state index in [0.717, 1.165) is 19.3 Å². The first-order chi connectivity index (χ1) is 6.39. The second-order valence-corrected chi connectivity index (χ2v) is 5.84. The van der Waals surface area contributed by atoms with Crippen molar-refractivity contribution >= 4 is 5.78 Å². The molecule has 2 saturated carbocycles. The maximum Gasteiger partial charge on any atom is 0.141 e. The standard InChI is InChI=1S/C12H20O2/c1-11(2)7-6-10(14)12(3)8(11)4-5-9(12)13/h8,10,14H,4-7H2,1-3H3/t8-,10+,12+/m0/s1. The Balaban J connectivity index is 2.40. The third kappa shape index (κ3) is 1.10. The van der Waals surface area contributed by atoms with E-state index >= 15 is 0 Å². The highest BCUT2D eigenvalue weighted by molar-refractivity contribution is 5.87. The van der Waals surface area contributed by atoms with Crippen molar-refractivity contribution in [1.82, 2.24) is 0 Å². The fraction of sp³-hybridized carbons (Fsp3) is 0.917. The van der Waals surface area contributed by atoms with Crippen LogP contribution in [-0.2, 0) is 4.79 Å². The monoisotopic (exact) mass is 196 g/mol. The molecule has 1 N–H and O–H groups in total. The number of ketones is 1. The Hall–Kier alpha value is -0.370. The highest BCUT2D eigenvalue weighted by Gasteiger charge is 2.58. The Morgan fingerprint density at radius 1 is 1.29 bits per heavy atom. The molecule has 0 radical (unpaired) electrons. The Morgan fingerprint density at radius 3 is 2.50 bits per heavy atom. The maximum absolute atomic E-state index is 11.9. The predicted molar refractivity (Wildman–Crippen MR) is 54.9 cm³/mol. The molecule has 0 amide bonds. The molecule has 0 spiro atoms. The summed E-state index contributed by atoms with van der Waals surface area (Å²) in [5.74, 6) is 0.661. The molecule has 2 heteroatoms. The van der Waals surface area contributed by atoms with Gasteiger partial charge < -0.3 is 5.11 Å². The van der Waals surface area contributed by atoms with Crippen molar-refractivity contribution in [3.63, 3.8) is 0 Å². The van der Waals surface area contributed by atoms with Gasteiger partial charge in [0.2, 0.25) is 0 Å². The van der Waals surface area contributed by atoms with Crippen LogP contribution < -0.4 is 0 Å². The van der Waals surface area contributed by atoms with Crippen molar-refractivity contribution in [2.75, 3.05) is 0 Å². The van der Waals surface area contributed by atoms with Crippen molar-refractivity contribution in [2.24, 2.45) is 16.7 Å². The van der Waals surface area contributed by atoms with Gasteiger partial charge in [-0.1, -0.05) is 13.8 Å². The Kier molecular flexibility index (Phi) is 2.04. The molecule has 2 nitrogen and oxygen atoms in total. The number of aliphatic hydroxyl groups excluding tert-OH is 1. The maximum atomic E-state index is 11.9. The molecular weight excluding hydrogens is 176 g/mol. The van der Waals surface area contributed by atoms with Crippen LogP contribution >= 0.6 is 0 Å². The molecule has 2 aliphatic rings. The Labute approximate surface area is 85.7 Å². The summed E-state index contributed by atoms with van der Waals surface area (Å²) in [5.41, 5.74) is -0.220. The lowest BCUT2D eigenvalue weighted by molar-refractivity contribution is -0.143. The fourth-order valence-corrected chi connectivity index (χ4v) is 3.64. The second-order valence-electron chi connectivity index (χ2n) is 5.84. The number of rotatable bonds is 0. The molecule has 0 aliphatic heterocycles. The molecule has 0 aromatic rings. The average molecular weight is 196 g/mol. The fourth-order valence-electron chi connectivity index (χ4n) is 3.64. The lowest BCUT2D eigenvalue weighted by atomic mass is 9.56. The summed E-state index contributed by atoms with van der Waals surface area (Å²) in [6, 6.07) is 0. The van der Waals surface area contributed by atoms with Gasteiger partial charge in [-0.05, 0) is 37.5 Å². The Morgan fingerprint density at radius 2 is 1.93 bits per heavy atom. The van der Waals surface area contributed by atoms with E-state index in [1.807, 2.05) is 6.92 Å². The van der Waals surface area contributed by atoms with Gasteiger partial charge in [-0.25, -0.2) is 0 Å². The van der Waals surface area contributed by atoms with Crippen LogP contribution in [-0.4, -0.2) is 17.0 Å².